The first-order valence-corrected chi connectivity index (χ1v) is 4.93. The summed E-state index contributed by atoms with van der Waals surface area (Å²) in [4.78, 5) is 10.9. The summed E-state index contributed by atoms with van der Waals surface area (Å²) in [6.45, 7) is 6.48. The van der Waals surface area contributed by atoms with Gasteiger partial charge in [-0.05, 0) is 40.5 Å². The molecule has 0 aromatic heterocycles. The molecular formula is C10H17NO4-2. The molecule has 1 N–H and O–H groups in total. The molecule has 0 unspecified atom stereocenters. The summed E-state index contributed by atoms with van der Waals surface area (Å²) in [7, 11) is 0. The van der Waals surface area contributed by atoms with Gasteiger partial charge in [-0.15, -0.1) is 0 Å². The van der Waals surface area contributed by atoms with Crippen LogP contribution in [0.4, 0.5) is 0 Å². The Labute approximate surface area is 89.3 Å². The highest BCUT2D eigenvalue weighted by Gasteiger charge is 2.48. The van der Waals surface area contributed by atoms with Crippen molar-refractivity contribution in [2.24, 2.45) is 0 Å². The number of hydrogen-bond donors (Lipinski definition) is 1. The molecule has 1 aliphatic heterocycles. The Hall–Kier alpha value is -0.650. The van der Waals surface area contributed by atoms with Crippen LogP contribution in [0.3, 0.4) is 0 Å². The average molecular weight is 215 g/mol. The van der Waals surface area contributed by atoms with Crippen molar-refractivity contribution in [2.75, 3.05) is 0 Å². The van der Waals surface area contributed by atoms with E-state index < -0.39 is 22.6 Å². The Bertz CT molecular complexity index is 267. The zero-order chi connectivity index (χ0) is 12.1. The SMILES string of the molecule is CC1(C)CC(O)(C(=O)[O-])CC(C)(C)N1[O-]. The number of aliphatic carboxylic acids is 1. The van der Waals surface area contributed by atoms with Crippen LogP contribution < -0.4 is 5.11 Å². The first kappa shape index (κ1) is 12.4. The van der Waals surface area contributed by atoms with Crippen LogP contribution in [0.25, 0.3) is 0 Å². The molecule has 5 nitrogen and oxygen atoms in total. The number of carbonyl (C=O) groups is 1. The molecule has 0 bridgehead atoms. The van der Waals surface area contributed by atoms with Gasteiger partial charge in [-0.1, -0.05) is 0 Å². The van der Waals surface area contributed by atoms with E-state index in [4.69, 9.17) is 0 Å². The second-order valence-electron chi connectivity index (χ2n) is 5.59. The zero-order valence-corrected chi connectivity index (χ0v) is 9.53. The van der Waals surface area contributed by atoms with Gasteiger partial charge < -0.3 is 25.3 Å². The van der Waals surface area contributed by atoms with Crippen molar-refractivity contribution in [3.63, 3.8) is 0 Å². The van der Waals surface area contributed by atoms with Crippen LogP contribution in [0.15, 0.2) is 0 Å². The molecule has 1 fully saturated rings. The standard InChI is InChI=1S/C10H18NO4/c1-8(2)5-10(14,7(12)13)6-9(3,4)11(8)15/h14H,5-6H2,1-4H3,(H,12,13)/q-1/p-1. The van der Waals surface area contributed by atoms with Crippen molar-refractivity contribution in [3.8, 4) is 0 Å². The van der Waals surface area contributed by atoms with Gasteiger partial charge in [0.15, 0.2) is 0 Å². The molecule has 15 heavy (non-hydrogen) atoms. The lowest BCUT2D eigenvalue weighted by molar-refractivity contribution is -0.331. The van der Waals surface area contributed by atoms with Gasteiger partial charge in [-0.25, -0.2) is 0 Å². The lowest BCUT2D eigenvalue weighted by atomic mass is 9.72. The summed E-state index contributed by atoms with van der Waals surface area (Å²) < 4.78 is 0. The molecule has 0 amide bonds. The van der Waals surface area contributed by atoms with Crippen molar-refractivity contribution in [3.05, 3.63) is 5.21 Å². The number of hydrogen-bond acceptors (Lipinski definition) is 5. The quantitative estimate of drug-likeness (QED) is 0.644. The third kappa shape index (κ3) is 2.00. The van der Waals surface area contributed by atoms with Crippen molar-refractivity contribution in [1.29, 1.82) is 0 Å². The van der Waals surface area contributed by atoms with Gasteiger partial charge in [0.2, 0.25) is 0 Å². The van der Waals surface area contributed by atoms with Gasteiger partial charge >= 0.3 is 0 Å². The van der Waals surface area contributed by atoms with Crippen LogP contribution >= 0.6 is 0 Å². The molecule has 1 saturated heterocycles. The molecule has 0 spiro atoms. The Morgan fingerprint density at radius 2 is 1.53 bits per heavy atom. The van der Waals surface area contributed by atoms with E-state index in [0.717, 1.165) is 5.06 Å². The smallest absolute Gasteiger partial charge is 0.107 e. The number of hydroxylamine groups is 2. The fourth-order valence-electron chi connectivity index (χ4n) is 2.60. The second-order valence-corrected chi connectivity index (χ2v) is 5.59. The first-order valence-electron chi connectivity index (χ1n) is 4.93. The lowest BCUT2D eigenvalue weighted by Crippen LogP contribution is -2.67. The van der Waals surface area contributed by atoms with E-state index >= 15 is 0 Å². The van der Waals surface area contributed by atoms with E-state index in [2.05, 4.69) is 0 Å². The van der Waals surface area contributed by atoms with E-state index in [1.165, 1.54) is 0 Å². The van der Waals surface area contributed by atoms with Crippen LogP contribution in [-0.2, 0) is 4.79 Å². The number of rotatable bonds is 1. The normalized spacial score (nSPS) is 28.7. The van der Waals surface area contributed by atoms with Crippen LogP contribution in [0.5, 0.6) is 0 Å². The van der Waals surface area contributed by atoms with Gasteiger partial charge in [0, 0.05) is 11.1 Å². The summed E-state index contributed by atoms with van der Waals surface area (Å²) in [6, 6.07) is 0. The maximum absolute atomic E-state index is 11.9. The maximum atomic E-state index is 11.9. The minimum Gasteiger partial charge on any atom is -0.784 e. The van der Waals surface area contributed by atoms with Gasteiger partial charge in [-0.2, -0.15) is 0 Å². The monoisotopic (exact) mass is 215 g/mol. The Balaban J connectivity index is 3.09. The van der Waals surface area contributed by atoms with Gasteiger partial charge in [-0.3, -0.25) is 0 Å². The molecule has 0 aromatic carbocycles. The van der Waals surface area contributed by atoms with Crippen molar-refractivity contribution in [2.45, 2.75) is 57.2 Å². The average Bonchev–Trinajstić information content (AvgIpc) is 1.98. The van der Waals surface area contributed by atoms with E-state index in [9.17, 15) is 20.2 Å². The fraction of sp³-hybridized carbons (Fsp3) is 0.900. The molecular weight excluding hydrogens is 198 g/mol. The number of carboxylic acids is 1. The summed E-state index contributed by atoms with van der Waals surface area (Å²) in [5.41, 5.74) is -3.72. The zero-order valence-electron chi connectivity index (χ0n) is 9.53. The Kier molecular flexibility index (Phi) is 2.62. The summed E-state index contributed by atoms with van der Waals surface area (Å²) in [5, 5.41) is 33.5. The number of carboxylic acid groups (broad SMARTS) is 1. The number of carbonyl (C=O) groups excluding carboxylic acids is 1. The summed E-state index contributed by atoms with van der Waals surface area (Å²) >= 11 is 0. The molecule has 1 heterocycles. The van der Waals surface area contributed by atoms with Gasteiger partial charge in [0.25, 0.3) is 0 Å². The topological polar surface area (TPSA) is 86.7 Å². The van der Waals surface area contributed by atoms with Crippen LogP contribution in [0, 0.1) is 5.21 Å². The second kappa shape index (κ2) is 3.17. The fourth-order valence-corrected chi connectivity index (χ4v) is 2.60. The molecule has 1 rings (SSSR count). The molecule has 0 aromatic rings. The largest absolute Gasteiger partial charge is 0.784 e. The molecule has 0 atom stereocenters. The molecule has 0 saturated carbocycles. The summed E-state index contributed by atoms with van der Waals surface area (Å²) in [6.07, 6.45) is -0.232. The number of piperidine rings is 1. The summed E-state index contributed by atoms with van der Waals surface area (Å²) in [5.74, 6) is -1.50. The Morgan fingerprint density at radius 1 is 1.20 bits per heavy atom. The maximum Gasteiger partial charge on any atom is 0.107 e. The highest BCUT2D eigenvalue weighted by atomic mass is 16.5. The van der Waals surface area contributed by atoms with E-state index in [1.807, 2.05) is 0 Å². The predicted octanol–water partition coefficient (Wildman–Crippen LogP) is -0.382. The van der Waals surface area contributed by atoms with E-state index in [-0.39, 0.29) is 12.8 Å². The van der Waals surface area contributed by atoms with E-state index in [0.29, 0.717) is 0 Å². The number of nitrogens with zero attached hydrogens (tertiary/aromatic N) is 1. The third-order valence-corrected chi connectivity index (χ3v) is 2.93. The molecule has 0 radical (unpaired) electrons. The van der Waals surface area contributed by atoms with Crippen molar-refractivity contribution >= 4 is 5.97 Å². The van der Waals surface area contributed by atoms with Crippen LogP contribution in [0.2, 0.25) is 0 Å². The predicted molar refractivity (Wildman–Crippen MR) is 52.6 cm³/mol. The first-order chi connectivity index (χ1) is 6.51. The minimum atomic E-state index is -1.91. The molecule has 0 aliphatic carbocycles. The van der Waals surface area contributed by atoms with Crippen molar-refractivity contribution in [1.82, 2.24) is 5.06 Å². The van der Waals surface area contributed by atoms with Gasteiger partial charge in [0.1, 0.15) is 5.60 Å². The van der Waals surface area contributed by atoms with Crippen LogP contribution in [-0.4, -0.2) is 32.8 Å². The molecule has 5 heteroatoms. The highest BCUT2D eigenvalue weighted by molar-refractivity contribution is 5.75. The van der Waals surface area contributed by atoms with E-state index in [1.54, 1.807) is 27.7 Å². The lowest BCUT2D eigenvalue weighted by Gasteiger charge is -2.62. The Morgan fingerprint density at radius 3 is 1.80 bits per heavy atom. The van der Waals surface area contributed by atoms with Crippen molar-refractivity contribution < 1.29 is 15.0 Å². The molecule has 88 valence electrons. The highest BCUT2D eigenvalue weighted by Crippen LogP contribution is 2.42. The van der Waals surface area contributed by atoms with Gasteiger partial charge in [0.05, 0.1) is 5.97 Å². The third-order valence-electron chi connectivity index (χ3n) is 2.93. The minimum absolute atomic E-state index is 0.116. The molecule has 1 aliphatic rings. The van der Waals surface area contributed by atoms with Crippen LogP contribution in [0.1, 0.15) is 40.5 Å². The number of aliphatic hydroxyl groups is 1.